The van der Waals surface area contributed by atoms with Gasteiger partial charge in [0.2, 0.25) is 5.89 Å². The van der Waals surface area contributed by atoms with Gasteiger partial charge in [-0.3, -0.25) is 4.98 Å². The molecule has 19 heavy (non-hydrogen) atoms. The molecule has 1 N–H and O–H groups in total. The van der Waals surface area contributed by atoms with Gasteiger partial charge in [-0.25, -0.2) is 0 Å². The summed E-state index contributed by atoms with van der Waals surface area (Å²) in [6.45, 7) is 7.39. The van der Waals surface area contributed by atoms with Gasteiger partial charge in [0.15, 0.2) is 0 Å². The van der Waals surface area contributed by atoms with Crippen LogP contribution in [0.3, 0.4) is 0 Å². The van der Waals surface area contributed by atoms with Crippen molar-refractivity contribution in [1.82, 2.24) is 20.5 Å². The van der Waals surface area contributed by atoms with Crippen LogP contribution in [0, 0.1) is 0 Å². The van der Waals surface area contributed by atoms with Gasteiger partial charge in [0.1, 0.15) is 5.69 Å². The number of aromatic nitrogens is 3. The first-order valence-corrected chi connectivity index (χ1v) is 6.53. The van der Waals surface area contributed by atoms with E-state index >= 15 is 0 Å². The van der Waals surface area contributed by atoms with Crippen molar-refractivity contribution in [2.24, 2.45) is 0 Å². The summed E-state index contributed by atoms with van der Waals surface area (Å²) < 4.78 is 5.59. The smallest absolute Gasteiger partial charge is 0.266 e. The second-order valence-electron chi connectivity index (χ2n) is 5.50. The summed E-state index contributed by atoms with van der Waals surface area (Å²) in [7, 11) is 0. The zero-order chi connectivity index (χ0) is 13.7. The standard InChI is InChI=1S/C14H20N4O/c1-14(2,3)16-10-6-8-12-17-18-13(19-12)11-7-4-5-9-15-11/h4-5,7,9,16H,6,8,10H2,1-3H3. The van der Waals surface area contributed by atoms with E-state index in [-0.39, 0.29) is 5.54 Å². The first kappa shape index (κ1) is 13.7. The van der Waals surface area contributed by atoms with Gasteiger partial charge in [0.05, 0.1) is 0 Å². The summed E-state index contributed by atoms with van der Waals surface area (Å²) in [5.41, 5.74) is 0.864. The second-order valence-corrected chi connectivity index (χ2v) is 5.50. The summed E-state index contributed by atoms with van der Waals surface area (Å²) in [5.74, 6) is 1.15. The minimum Gasteiger partial charge on any atom is -0.419 e. The fourth-order valence-corrected chi connectivity index (χ4v) is 1.65. The van der Waals surface area contributed by atoms with Crippen molar-refractivity contribution in [2.75, 3.05) is 6.54 Å². The molecule has 0 fully saturated rings. The molecule has 0 saturated heterocycles. The maximum atomic E-state index is 5.59. The Hall–Kier alpha value is -1.75. The summed E-state index contributed by atoms with van der Waals surface area (Å²) in [5, 5.41) is 11.5. The van der Waals surface area contributed by atoms with Crippen LogP contribution >= 0.6 is 0 Å². The lowest BCUT2D eigenvalue weighted by atomic mass is 10.1. The first-order valence-electron chi connectivity index (χ1n) is 6.53. The lowest BCUT2D eigenvalue weighted by molar-refractivity contribution is 0.412. The molecule has 2 rings (SSSR count). The molecular formula is C14H20N4O. The Balaban J connectivity index is 1.85. The Morgan fingerprint density at radius 2 is 2.05 bits per heavy atom. The quantitative estimate of drug-likeness (QED) is 0.837. The number of nitrogens with zero attached hydrogens (tertiary/aromatic N) is 3. The number of nitrogens with one attached hydrogen (secondary N) is 1. The minimum absolute atomic E-state index is 0.147. The molecule has 2 aromatic heterocycles. The highest BCUT2D eigenvalue weighted by molar-refractivity contribution is 5.44. The fourth-order valence-electron chi connectivity index (χ4n) is 1.65. The van der Waals surface area contributed by atoms with Crippen LogP contribution in [-0.2, 0) is 6.42 Å². The molecule has 2 heterocycles. The van der Waals surface area contributed by atoms with Gasteiger partial charge in [-0.15, -0.1) is 10.2 Å². The van der Waals surface area contributed by atoms with E-state index in [0.29, 0.717) is 17.5 Å². The van der Waals surface area contributed by atoms with Crippen molar-refractivity contribution in [3.63, 3.8) is 0 Å². The Morgan fingerprint density at radius 1 is 1.21 bits per heavy atom. The molecule has 0 radical (unpaired) electrons. The Bertz CT molecular complexity index is 502. The van der Waals surface area contributed by atoms with Gasteiger partial charge in [0.25, 0.3) is 5.89 Å². The van der Waals surface area contributed by atoms with Gasteiger partial charge < -0.3 is 9.73 Å². The van der Waals surface area contributed by atoms with E-state index in [9.17, 15) is 0 Å². The van der Waals surface area contributed by atoms with Crippen LogP contribution in [0.25, 0.3) is 11.6 Å². The Labute approximate surface area is 113 Å². The van der Waals surface area contributed by atoms with E-state index < -0.39 is 0 Å². The predicted octanol–water partition coefficient (Wildman–Crippen LogP) is 2.45. The van der Waals surface area contributed by atoms with Crippen LogP contribution in [0.4, 0.5) is 0 Å². The molecule has 102 valence electrons. The zero-order valence-corrected chi connectivity index (χ0v) is 11.7. The fraction of sp³-hybridized carbons (Fsp3) is 0.500. The molecule has 5 heteroatoms. The van der Waals surface area contributed by atoms with Crippen molar-refractivity contribution in [2.45, 2.75) is 39.2 Å². The highest BCUT2D eigenvalue weighted by Crippen LogP contribution is 2.14. The van der Waals surface area contributed by atoms with Crippen LogP contribution < -0.4 is 5.32 Å². The van der Waals surface area contributed by atoms with Gasteiger partial charge in [-0.1, -0.05) is 6.07 Å². The average molecular weight is 260 g/mol. The van der Waals surface area contributed by atoms with E-state index in [0.717, 1.165) is 19.4 Å². The van der Waals surface area contributed by atoms with Crippen LogP contribution in [-0.4, -0.2) is 27.3 Å². The highest BCUT2D eigenvalue weighted by atomic mass is 16.4. The van der Waals surface area contributed by atoms with E-state index in [4.69, 9.17) is 4.42 Å². The molecule has 0 amide bonds. The van der Waals surface area contributed by atoms with Crippen molar-refractivity contribution in [1.29, 1.82) is 0 Å². The monoisotopic (exact) mass is 260 g/mol. The molecule has 0 bridgehead atoms. The number of aryl methyl sites for hydroxylation is 1. The third-order valence-corrected chi connectivity index (χ3v) is 2.57. The van der Waals surface area contributed by atoms with E-state index in [2.05, 4.69) is 41.3 Å². The molecule has 0 spiro atoms. The molecule has 0 aliphatic rings. The van der Waals surface area contributed by atoms with Gasteiger partial charge >= 0.3 is 0 Å². The molecule has 2 aromatic rings. The van der Waals surface area contributed by atoms with Gasteiger partial charge in [0, 0.05) is 18.2 Å². The maximum Gasteiger partial charge on any atom is 0.266 e. The summed E-state index contributed by atoms with van der Waals surface area (Å²) in [6, 6.07) is 5.62. The third kappa shape index (κ3) is 4.44. The zero-order valence-electron chi connectivity index (χ0n) is 11.7. The number of hydrogen-bond acceptors (Lipinski definition) is 5. The SMILES string of the molecule is CC(C)(C)NCCCc1nnc(-c2ccccn2)o1. The van der Waals surface area contributed by atoms with Crippen molar-refractivity contribution >= 4 is 0 Å². The normalized spacial score (nSPS) is 11.7. The largest absolute Gasteiger partial charge is 0.419 e. The van der Waals surface area contributed by atoms with Crippen LogP contribution in [0.2, 0.25) is 0 Å². The number of hydrogen-bond donors (Lipinski definition) is 1. The maximum absolute atomic E-state index is 5.59. The first-order chi connectivity index (χ1) is 9.04. The summed E-state index contributed by atoms with van der Waals surface area (Å²) >= 11 is 0. The molecule has 0 aliphatic heterocycles. The number of rotatable bonds is 5. The topological polar surface area (TPSA) is 63.8 Å². The van der Waals surface area contributed by atoms with Crippen molar-refractivity contribution in [3.8, 4) is 11.6 Å². The Kier molecular flexibility index (Phi) is 4.27. The molecular weight excluding hydrogens is 240 g/mol. The van der Waals surface area contributed by atoms with Gasteiger partial charge in [-0.05, 0) is 45.9 Å². The lowest BCUT2D eigenvalue weighted by Gasteiger charge is -2.19. The van der Waals surface area contributed by atoms with E-state index in [1.807, 2.05) is 18.2 Å². The predicted molar refractivity (Wildman–Crippen MR) is 73.6 cm³/mol. The highest BCUT2D eigenvalue weighted by Gasteiger charge is 2.10. The average Bonchev–Trinajstić information content (AvgIpc) is 2.83. The number of pyridine rings is 1. The van der Waals surface area contributed by atoms with Crippen LogP contribution in [0.15, 0.2) is 28.8 Å². The third-order valence-electron chi connectivity index (χ3n) is 2.57. The Morgan fingerprint density at radius 3 is 2.74 bits per heavy atom. The van der Waals surface area contributed by atoms with Crippen molar-refractivity contribution < 1.29 is 4.42 Å². The summed E-state index contributed by atoms with van der Waals surface area (Å²) in [6.07, 6.45) is 3.47. The second kappa shape index (κ2) is 5.93. The molecule has 0 aromatic carbocycles. The summed E-state index contributed by atoms with van der Waals surface area (Å²) in [4.78, 5) is 4.18. The van der Waals surface area contributed by atoms with E-state index in [1.54, 1.807) is 6.20 Å². The van der Waals surface area contributed by atoms with E-state index in [1.165, 1.54) is 0 Å². The molecule has 0 unspecified atom stereocenters. The van der Waals surface area contributed by atoms with Gasteiger partial charge in [-0.2, -0.15) is 0 Å². The molecule has 0 aliphatic carbocycles. The lowest BCUT2D eigenvalue weighted by Crippen LogP contribution is -2.36. The van der Waals surface area contributed by atoms with Crippen LogP contribution in [0.5, 0.6) is 0 Å². The van der Waals surface area contributed by atoms with Crippen LogP contribution in [0.1, 0.15) is 33.1 Å². The molecule has 0 atom stereocenters. The molecule has 0 saturated carbocycles. The molecule has 5 nitrogen and oxygen atoms in total. The minimum atomic E-state index is 0.147. The van der Waals surface area contributed by atoms with Crippen molar-refractivity contribution in [3.05, 3.63) is 30.3 Å².